The molecule has 3 rings (SSSR count). The van der Waals surface area contributed by atoms with Crippen molar-refractivity contribution in [1.29, 1.82) is 0 Å². The molecule has 1 heterocycles. The molecule has 0 bridgehead atoms. The number of hydrogen-bond acceptors (Lipinski definition) is 4. The van der Waals surface area contributed by atoms with Crippen molar-refractivity contribution in [1.82, 2.24) is 4.98 Å². The van der Waals surface area contributed by atoms with Crippen molar-refractivity contribution >= 4 is 44.4 Å². The molecule has 3 nitrogen and oxygen atoms in total. The predicted molar refractivity (Wildman–Crippen MR) is 94.9 cm³/mol. The lowest BCUT2D eigenvalue weighted by molar-refractivity contribution is -0.113. The number of nitrogens with zero attached hydrogens (tertiary/aromatic N) is 1. The number of aromatic nitrogens is 1. The molecule has 5 heteroatoms. The van der Waals surface area contributed by atoms with Crippen LogP contribution in [-0.2, 0) is 4.79 Å². The Labute approximate surface area is 137 Å². The van der Waals surface area contributed by atoms with Crippen molar-refractivity contribution in [2.24, 2.45) is 0 Å². The van der Waals surface area contributed by atoms with Crippen LogP contribution in [0, 0.1) is 13.8 Å². The van der Waals surface area contributed by atoms with E-state index in [1.54, 1.807) is 0 Å². The Morgan fingerprint density at radius 3 is 2.59 bits per heavy atom. The number of amides is 1. The van der Waals surface area contributed by atoms with Gasteiger partial charge in [-0.2, -0.15) is 0 Å². The molecule has 112 valence electrons. The molecule has 1 amide bonds. The van der Waals surface area contributed by atoms with Gasteiger partial charge in [0.05, 0.1) is 16.0 Å². The molecule has 0 aliphatic heterocycles. The minimum absolute atomic E-state index is 0.0248. The zero-order valence-electron chi connectivity index (χ0n) is 12.4. The van der Waals surface area contributed by atoms with Crippen LogP contribution < -0.4 is 5.32 Å². The summed E-state index contributed by atoms with van der Waals surface area (Å²) in [6.07, 6.45) is 0. The summed E-state index contributed by atoms with van der Waals surface area (Å²) in [5.41, 5.74) is 3.31. The molecule has 0 unspecified atom stereocenters. The van der Waals surface area contributed by atoms with E-state index in [0.29, 0.717) is 10.9 Å². The molecule has 22 heavy (non-hydrogen) atoms. The van der Waals surface area contributed by atoms with Gasteiger partial charge in [0.2, 0.25) is 5.91 Å². The molecule has 0 saturated carbocycles. The van der Waals surface area contributed by atoms with Crippen molar-refractivity contribution in [3.8, 4) is 0 Å². The van der Waals surface area contributed by atoms with Crippen LogP contribution in [0.1, 0.15) is 11.1 Å². The van der Waals surface area contributed by atoms with Gasteiger partial charge < -0.3 is 5.32 Å². The number of carbonyl (C=O) groups is 1. The molecule has 0 spiro atoms. The van der Waals surface area contributed by atoms with Crippen LogP contribution in [0.25, 0.3) is 10.2 Å². The van der Waals surface area contributed by atoms with Gasteiger partial charge in [0.15, 0.2) is 5.13 Å². The Morgan fingerprint density at radius 1 is 1.14 bits per heavy atom. The van der Waals surface area contributed by atoms with Crippen LogP contribution >= 0.6 is 23.1 Å². The normalized spacial score (nSPS) is 10.8. The third-order valence-electron chi connectivity index (χ3n) is 3.30. The highest BCUT2D eigenvalue weighted by molar-refractivity contribution is 8.00. The minimum Gasteiger partial charge on any atom is -0.301 e. The van der Waals surface area contributed by atoms with E-state index in [9.17, 15) is 4.79 Å². The second-order valence-electron chi connectivity index (χ2n) is 5.05. The van der Waals surface area contributed by atoms with Gasteiger partial charge in [0.25, 0.3) is 0 Å². The Balaban J connectivity index is 1.69. The van der Waals surface area contributed by atoms with Gasteiger partial charge in [-0.3, -0.25) is 4.79 Å². The zero-order chi connectivity index (χ0) is 15.5. The number of thiazole rings is 1. The van der Waals surface area contributed by atoms with Crippen molar-refractivity contribution < 1.29 is 4.79 Å². The summed E-state index contributed by atoms with van der Waals surface area (Å²) in [4.78, 5) is 17.7. The molecule has 1 N–H and O–H groups in total. The predicted octanol–water partition coefficient (Wildman–Crippen LogP) is 4.64. The van der Waals surface area contributed by atoms with Crippen molar-refractivity contribution in [2.45, 2.75) is 18.7 Å². The summed E-state index contributed by atoms with van der Waals surface area (Å²) in [5, 5.41) is 3.58. The van der Waals surface area contributed by atoms with Crippen LogP contribution in [0.15, 0.2) is 47.4 Å². The molecule has 1 aromatic heterocycles. The summed E-state index contributed by atoms with van der Waals surface area (Å²) in [5.74, 6) is 0.362. The van der Waals surface area contributed by atoms with Gasteiger partial charge in [-0.05, 0) is 37.1 Å². The monoisotopic (exact) mass is 328 g/mol. The van der Waals surface area contributed by atoms with Gasteiger partial charge in [-0.25, -0.2) is 4.98 Å². The van der Waals surface area contributed by atoms with Gasteiger partial charge in [0, 0.05) is 4.90 Å². The minimum atomic E-state index is -0.0248. The summed E-state index contributed by atoms with van der Waals surface area (Å²) in [7, 11) is 0. The summed E-state index contributed by atoms with van der Waals surface area (Å²) in [6, 6.07) is 14.1. The van der Waals surface area contributed by atoms with E-state index in [1.165, 1.54) is 28.7 Å². The van der Waals surface area contributed by atoms with Crippen molar-refractivity contribution in [3.63, 3.8) is 0 Å². The number of fused-ring (bicyclic) bond motifs is 1. The van der Waals surface area contributed by atoms with E-state index in [4.69, 9.17) is 0 Å². The highest BCUT2D eigenvalue weighted by atomic mass is 32.2. The van der Waals surface area contributed by atoms with Crippen LogP contribution in [-0.4, -0.2) is 16.6 Å². The molecule has 0 saturated heterocycles. The Morgan fingerprint density at radius 2 is 1.86 bits per heavy atom. The van der Waals surface area contributed by atoms with Crippen molar-refractivity contribution in [2.75, 3.05) is 11.1 Å². The van der Waals surface area contributed by atoms with Gasteiger partial charge in [0.1, 0.15) is 0 Å². The zero-order valence-corrected chi connectivity index (χ0v) is 14.1. The maximum Gasteiger partial charge on any atom is 0.236 e. The number of hydrogen-bond donors (Lipinski definition) is 1. The summed E-state index contributed by atoms with van der Waals surface area (Å²) < 4.78 is 1.14. The Hall–Kier alpha value is -1.85. The fourth-order valence-corrected chi connectivity index (χ4v) is 3.88. The molecule has 0 aliphatic carbocycles. The first-order chi connectivity index (χ1) is 10.6. The fraction of sp³-hybridized carbons (Fsp3) is 0.176. The van der Waals surface area contributed by atoms with Crippen LogP contribution in [0.5, 0.6) is 0 Å². The molecule has 0 aliphatic rings. The highest BCUT2D eigenvalue weighted by Crippen LogP contribution is 2.31. The molecular formula is C17H16N2OS2. The molecular weight excluding hydrogens is 312 g/mol. The SMILES string of the molecule is Cc1ccc(C)c2sc(NC(=O)CSc3ccccc3)nc12. The number of aryl methyl sites for hydroxylation is 2. The first kappa shape index (κ1) is 15.1. The molecule has 3 aromatic rings. The number of nitrogens with one attached hydrogen (secondary N) is 1. The average molecular weight is 328 g/mol. The molecule has 0 atom stereocenters. The lowest BCUT2D eigenvalue weighted by atomic mass is 10.1. The van der Waals surface area contributed by atoms with Crippen LogP contribution in [0.2, 0.25) is 0 Å². The lowest BCUT2D eigenvalue weighted by Gasteiger charge is -2.01. The number of anilines is 1. The molecule has 0 radical (unpaired) electrons. The number of benzene rings is 2. The third kappa shape index (κ3) is 3.31. The standard InChI is InChI=1S/C17H16N2OS2/c1-11-8-9-12(2)16-15(11)19-17(22-16)18-14(20)10-21-13-6-4-3-5-7-13/h3-9H,10H2,1-2H3,(H,18,19,20). The molecule has 2 aromatic carbocycles. The van der Waals surface area contributed by atoms with E-state index in [2.05, 4.69) is 29.4 Å². The lowest BCUT2D eigenvalue weighted by Crippen LogP contribution is -2.13. The van der Waals surface area contributed by atoms with Gasteiger partial charge in [-0.1, -0.05) is 41.7 Å². The average Bonchev–Trinajstić information content (AvgIpc) is 2.95. The van der Waals surface area contributed by atoms with Gasteiger partial charge in [-0.15, -0.1) is 11.8 Å². The van der Waals surface area contributed by atoms with Gasteiger partial charge >= 0.3 is 0 Å². The quantitative estimate of drug-likeness (QED) is 0.709. The fourth-order valence-electron chi connectivity index (χ4n) is 2.13. The van der Waals surface area contributed by atoms with E-state index < -0.39 is 0 Å². The highest BCUT2D eigenvalue weighted by Gasteiger charge is 2.11. The Bertz CT molecular complexity index is 773. The second kappa shape index (κ2) is 6.50. The number of thioether (sulfide) groups is 1. The van der Waals surface area contributed by atoms with E-state index in [1.807, 2.05) is 37.3 Å². The maximum absolute atomic E-state index is 12.1. The number of carbonyl (C=O) groups excluding carboxylic acids is 1. The van der Waals surface area contributed by atoms with E-state index >= 15 is 0 Å². The van der Waals surface area contributed by atoms with Crippen LogP contribution in [0.3, 0.4) is 0 Å². The first-order valence-electron chi connectivity index (χ1n) is 6.98. The first-order valence-corrected chi connectivity index (χ1v) is 8.78. The second-order valence-corrected chi connectivity index (χ2v) is 7.09. The van der Waals surface area contributed by atoms with Crippen LogP contribution in [0.4, 0.5) is 5.13 Å². The third-order valence-corrected chi connectivity index (χ3v) is 5.42. The molecule has 0 fully saturated rings. The van der Waals surface area contributed by atoms with E-state index in [-0.39, 0.29) is 5.91 Å². The largest absolute Gasteiger partial charge is 0.301 e. The topological polar surface area (TPSA) is 42.0 Å². The van der Waals surface area contributed by atoms with E-state index in [0.717, 1.165) is 20.7 Å². The van der Waals surface area contributed by atoms with Crippen molar-refractivity contribution in [3.05, 3.63) is 53.6 Å². The Kier molecular flexibility index (Phi) is 4.45. The smallest absolute Gasteiger partial charge is 0.236 e. The maximum atomic E-state index is 12.1. The summed E-state index contributed by atoms with van der Waals surface area (Å²) in [6.45, 7) is 4.11. The summed E-state index contributed by atoms with van der Waals surface area (Å²) >= 11 is 3.06. The number of rotatable bonds is 4.